The van der Waals surface area contributed by atoms with E-state index in [0.717, 1.165) is 17.0 Å². The Labute approximate surface area is 93.6 Å². The van der Waals surface area contributed by atoms with Gasteiger partial charge in [-0.1, -0.05) is 31.2 Å². The van der Waals surface area contributed by atoms with Gasteiger partial charge in [-0.15, -0.1) is 11.3 Å². The van der Waals surface area contributed by atoms with Crippen LogP contribution in [0, 0.1) is 0 Å². The Balaban J connectivity index is 2.28. The van der Waals surface area contributed by atoms with Crippen molar-refractivity contribution in [3.63, 3.8) is 0 Å². The van der Waals surface area contributed by atoms with Crippen LogP contribution in [0.4, 0.5) is 0 Å². The van der Waals surface area contributed by atoms with E-state index < -0.39 is 0 Å². The summed E-state index contributed by atoms with van der Waals surface area (Å²) < 4.78 is 5.06. The molecule has 15 heavy (non-hydrogen) atoms. The first-order valence-corrected chi connectivity index (χ1v) is 5.80. The molecule has 0 saturated carbocycles. The molecule has 1 aromatic carbocycles. The van der Waals surface area contributed by atoms with E-state index >= 15 is 0 Å². The fourth-order valence-corrected chi connectivity index (χ4v) is 2.14. The molecule has 0 fully saturated rings. The molecule has 0 spiro atoms. The van der Waals surface area contributed by atoms with Crippen molar-refractivity contribution in [3.8, 4) is 16.5 Å². The summed E-state index contributed by atoms with van der Waals surface area (Å²) >= 11 is 1.60. The summed E-state index contributed by atoms with van der Waals surface area (Å²) in [5.41, 5.74) is 2.50. The first-order chi connectivity index (χ1) is 7.33. The fourth-order valence-electron chi connectivity index (χ4n) is 1.37. The van der Waals surface area contributed by atoms with Gasteiger partial charge in [-0.05, 0) is 12.0 Å². The number of benzene rings is 1. The maximum Gasteiger partial charge on any atom is 0.224 e. The lowest BCUT2D eigenvalue weighted by molar-refractivity contribution is 0.401. The fraction of sp³-hybridized carbons (Fsp3) is 0.250. The van der Waals surface area contributed by atoms with Crippen molar-refractivity contribution in [2.24, 2.45) is 0 Å². The summed E-state index contributed by atoms with van der Waals surface area (Å²) in [6, 6.07) is 8.50. The van der Waals surface area contributed by atoms with E-state index in [9.17, 15) is 0 Å². The third-order valence-corrected chi connectivity index (χ3v) is 3.17. The molecular formula is C12H13NOS. The highest BCUT2D eigenvalue weighted by Crippen LogP contribution is 2.26. The van der Waals surface area contributed by atoms with Gasteiger partial charge >= 0.3 is 0 Å². The van der Waals surface area contributed by atoms with Crippen molar-refractivity contribution in [1.29, 1.82) is 0 Å². The minimum Gasteiger partial charge on any atom is -0.480 e. The van der Waals surface area contributed by atoms with Crippen LogP contribution in [-0.4, -0.2) is 12.1 Å². The first kappa shape index (κ1) is 10.2. The van der Waals surface area contributed by atoms with Gasteiger partial charge in [0.05, 0.1) is 12.5 Å². The number of hydrogen-bond acceptors (Lipinski definition) is 3. The number of ether oxygens (including phenoxy) is 1. The molecule has 0 unspecified atom stereocenters. The van der Waals surface area contributed by atoms with E-state index in [4.69, 9.17) is 4.74 Å². The lowest BCUT2D eigenvalue weighted by Crippen LogP contribution is -1.83. The van der Waals surface area contributed by atoms with E-state index in [2.05, 4.69) is 36.2 Å². The molecule has 0 aliphatic heterocycles. The lowest BCUT2D eigenvalue weighted by atomic mass is 10.1. The van der Waals surface area contributed by atoms with Crippen LogP contribution >= 0.6 is 11.3 Å². The summed E-state index contributed by atoms with van der Waals surface area (Å²) in [5.74, 6) is 0.689. The second-order valence-electron chi connectivity index (χ2n) is 3.25. The number of thiazole rings is 1. The van der Waals surface area contributed by atoms with Crippen LogP contribution in [0.15, 0.2) is 29.6 Å². The van der Waals surface area contributed by atoms with Crippen LogP contribution in [0.1, 0.15) is 12.5 Å². The van der Waals surface area contributed by atoms with E-state index in [1.54, 1.807) is 18.4 Å². The van der Waals surface area contributed by atoms with Gasteiger partial charge in [-0.25, -0.2) is 4.98 Å². The maximum atomic E-state index is 5.06. The highest BCUT2D eigenvalue weighted by atomic mass is 32.1. The number of rotatable bonds is 3. The monoisotopic (exact) mass is 219 g/mol. The van der Waals surface area contributed by atoms with Crippen molar-refractivity contribution in [2.75, 3.05) is 7.11 Å². The summed E-state index contributed by atoms with van der Waals surface area (Å²) in [6.45, 7) is 2.15. The number of aryl methyl sites for hydroxylation is 1. The predicted octanol–water partition coefficient (Wildman–Crippen LogP) is 3.38. The molecule has 3 heteroatoms. The normalized spacial score (nSPS) is 10.3. The molecule has 1 heterocycles. The van der Waals surface area contributed by atoms with Gasteiger partial charge in [0.1, 0.15) is 5.01 Å². The second-order valence-corrected chi connectivity index (χ2v) is 4.10. The highest BCUT2D eigenvalue weighted by molar-refractivity contribution is 7.13. The van der Waals surface area contributed by atoms with Crippen LogP contribution in [0.2, 0.25) is 0 Å². The zero-order chi connectivity index (χ0) is 10.7. The Morgan fingerprint density at radius 3 is 2.53 bits per heavy atom. The maximum absolute atomic E-state index is 5.06. The molecule has 0 aliphatic rings. The molecule has 0 amide bonds. The summed E-state index contributed by atoms with van der Waals surface area (Å²) in [6.07, 6.45) is 1.07. The Kier molecular flexibility index (Phi) is 3.02. The Hall–Kier alpha value is -1.35. The third-order valence-electron chi connectivity index (χ3n) is 2.30. The molecule has 0 radical (unpaired) electrons. The van der Waals surface area contributed by atoms with Crippen LogP contribution in [0.5, 0.6) is 5.88 Å². The van der Waals surface area contributed by atoms with Crippen molar-refractivity contribution in [3.05, 3.63) is 35.2 Å². The molecule has 0 N–H and O–H groups in total. The minimum atomic E-state index is 0.689. The average molecular weight is 219 g/mol. The van der Waals surface area contributed by atoms with Gasteiger partial charge in [0.15, 0.2) is 0 Å². The van der Waals surface area contributed by atoms with Gasteiger partial charge < -0.3 is 4.74 Å². The lowest BCUT2D eigenvalue weighted by Gasteiger charge is -1.98. The molecule has 0 atom stereocenters. The largest absolute Gasteiger partial charge is 0.480 e. The zero-order valence-electron chi connectivity index (χ0n) is 8.86. The first-order valence-electron chi connectivity index (χ1n) is 4.92. The quantitative estimate of drug-likeness (QED) is 0.789. The van der Waals surface area contributed by atoms with Gasteiger partial charge in [0, 0.05) is 5.56 Å². The average Bonchev–Trinajstić information content (AvgIpc) is 2.78. The second kappa shape index (κ2) is 4.45. The number of aromatic nitrogens is 1. The number of methoxy groups -OCH3 is 1. The Bertz CT molecular complexity index is 433. The molecule has 2 rings (SSSR count). The molecule has 2 aromatic rings. The summed E-state index contributed by atoms with van der Waals surface area (Å²) in [7, 11) is 1.64. The number of hydrogen-bond donors (Lipinski definition) is 0. The van der Waals surface area contributed by atoms with E-state index in [0.29, 0.717) is 5.88 Å². The van der Waals surface area contributed by atoms with E-state index in [-0.39, 0.29) is 0 Å². The van der Waals surface area contributed by atoms with Crippen molar-refractivity contribution in [2.45, 2.75) is 13.3 Å². The van der Waals surface area contributed by atoms with Gasteiger partial charge in [0.25, 0.3) is 0 Å². The topological polar surface area (TPSA) is 22.1 Å². The highest BCUT2D eigenvalue weighted by Gasteiger charge is 2.03. The third kappa shape index (κ3) is 2.18. The molecule has 0 aliphatic carbocycles. The van der Waals surface area contributed by atoms with Crippen molar-refractivity contribution >= 4 is 11.3 Å². The Morgan fingerprint density at radius 2 is 2.00 bits per heavy atom. The molecular weight excluding hydrogens is 206 g/mol. The van der Waals surface area contributed by atoms with E-state index in [1.807, 2.05) is 5.38 Å². The standard InChI is InChI=1S/C12H13NOS/c1-3-9-4-6-10(7-5-9)12-13-11(14-2)8-15-12/h4-8H,3H2,1-2H3. The van der Waals surface area contributed by atoms with Crippen LogP contribution in [0.25, 0.3) is 10.6 Å². The Morgan fingerprint density at radius 1 is 1.27 bits per heavy atom. The van der Waals surface area contributed by atoms with Crippen LogP contribution < -0.4 is 4.74 Å². The predicted molar refractivity (Wildman–Crippen MR) is 63.5 cm³/mol. The molecule has 1 aromatic heterocycles. The van der Waals surface area contributed by atoms with Crippen molar-refractivity contribution < 1.29 is 4.74 Å². The SMILES string of the molecule is CCc1ccc(-c2nc(OC)cs2)cc1. The molecule has 78 valence electrons. The zero-order valence-corrected chi connectivity index (χ0v) is 9.67. The van der Waals surface area contributed by atoms with Gasteiger partial charge in [-0.3, -0.25) is 0 Å². The smallest absolute Gasteiger partial charge is 0.224 e. The van der Waals surface area contributed by atoms with E-state index in [1.165, 1.54) is 5.56 Å². The van der Waals surface area contributed by atoms with Gasteiger partial charge in [-0.2, -0.15) is 0 Å². The summed E-state index contributed by atoms with van der Waals surface area (Å²) in [5, 5.41) is 2.93. The minimum absolute atomic E-state index is 0.689. The summed E-state index contributed by atoms with van der Waals surface area (Å²) in [4.78, 5) is 4.35. The molecule has 0 bridgehead atoms. The van der Waals surface area contributed by atoms with Crippen molar-refractivity contribution in [1.82, 2.24) is 4.98 Å². The van der Waals surface area contributed by atoms with Gasteiger partial charge in [0.2, 0.25) is 5.88 Å². The number of nitrogens with zero attached hydrogens (tertiary/aromatic N) is 1. The molecule has 2 nitrogen and oxygen atoms in total. The molecule has 0 saturated heterocycles. The van der Waals surface area contributed by atoms with Crippen LogP contribution in [0.3, 0.4) is 0 Å². The van der Waals surface area contributed by atoms with Crippen LogP contribution in [-0.2, 0) is 6.42 Å².